The number of carbonyl (C=O) groups excluding carboxylic acids is 2. The predicted octanol–water partition coefficient (Wildman–Crippen LogP) is 3.06. The lowest BCUT2D eigenvalue weighted by molar-refractivity contribution is -0.144. The molecule has 2 aliphatic rings. The summed E-state index contributed by atoms with van der Waals surface area (Å²) >= 11 is 0. The van der Waals surface area contributed by atoms with E-state index in [1.165, 1.54) is 6.42 Å². The van der Waals surface area contributed by atoms with Gasteiger partial charge in [-0.15, -0.1) is 0 Å². The Morgan fingerprint density at radius 1 is 1.24 bits per heavy atom. The fourth-order valence-corrected chi connectivity index (χ4v) is 4.25. The molecule has 2 amide bonds. The van der Waals surface area contributed by atoms with E-state index >= 15 is 0 Å². The van der Waals surface area contributed by atoms with E-state index in [2.05, 4.69) is 18.0 Å². The summed E-state index contributed by atoms with van der Waals surface area (Å²) in [6.45, 7) is 3.45. The quantitative estimate of drug-likeness (QED) is 0.934. The number of hydrogen-bond acceptors (Lipinski definition) is 2. The highest BCUT2D eigenvalue weighted by Crippen LogP contribution is 2.28. The Bertz CT molecular complexity index is 797. The van der Waals surface area contributed by atoms with Gasteiger partial charge in [0, 0.05) is 42.7 Å². The molecule has 2 fully saturated rings. The zero-order chi connectivity index (χ0) is 17.4. The van der Waals surface area contributed by atoms with Crippen LogP contribution in [0.25, 0.3) is 10.9 Å². The number of nitrogens with one attached hydrogen (secondary N) is 1. The number of para-hydroxylation sites is 1. The molecule has 0 radical (unpaired) electrons. The van der Waals surface area contributed by atoms with Crippen LogP contribution in [0.4, 0.5) is 0 Å². The number of aromatic amines is 1. The van der Waals surface area contributed by atoms with Crippen LogP contribution in [0.1, 0.15) is 44.6 Å². The number of benzene rings is 1. The molecule has 132 valence electrons. The zero-order valence-corrected chi connectivity index (χ0v) is 14.7. The number of likely N-dealkylation sites (tertiary alicyclic amines) is 2. The van der Waals surface area contributed by atoms with Crippen molar-refractivity contribution in [2.45, 2.75) is 57.7 Å². The molecule has 1 aromatic heterocycles. The van der Waals surface area contributed by atoms with Gasteiger partial charge in [-0.2, -0.15) is 0 Å². The van der Waals surface area contributed by atoms with Crippen molar-refractivity contribution in [3.63, 3.8) is 0 Å². The molecule has 0 aliphatic carbocycles. The van der Waals surface area contributed by atoms with E-state index < -0.39 is 0 Å². The molecule has 2 unspecified atom stereocenters. The van der Waals surface area contributed by atoms with Crippen LogP contribution in [0.3, 0.4) is 0 Å². The first-order chi connectivity index (χ1) is 12.1. The third-order valence-electron chi connectivity index (χ3n) is 5.71. The van der Waals surface area contributed by atoms with Gasteiger partial charge in [0.25, 0.3) is 0 Å². The largest absolute Gasteiger partial charge is 0.361 e. The molecular weight excluding hydrogens is 314 g/mol. The van der Waals surface area contributed by atoms with Crippen LogP contribution >= 0.6 is 0 Å². The van der Waals surface area contributed by atoms with Crippen LogP contribution in [0, 0.1) is 0 Å². The summed E-state index contributed by atoms with van der Waals surface area (Å²) in [5, 5.41) is 1.12. The molecule has 2 aliphatic heterocycles. The molecule has 1 N–H and O–H groups in total. The van der Waals surface area contributed by atoms with Crippen LogP contribution < -0.4 is 0 Å². The Morgan fingerprint density at radius 3 is 2.92 bits per heavy atom. The Balaban J connectivity index is 1.56. The average Bonchev–Trinajstić information content (AvgIpc) is 3.20. The topological polar surface area (TPSA) is 56.4 Å². The van der Waals surface area contributed by atoms with Crippen LogP contribution in [0.2, 0.25) is 0 Å². The molecule has 2 aromatic rings. The van der Waals surface area contributed by atoms with Crippen molar-refractivity contribution in [1.82, 2.24) is 14.8 Å². The van der Waals surface area contributed by atoms with Crippen LogP contribution in [-0.2, 0) is 16.1 Å². The first-order valence-corrected chi connectivity index (χ1v) is 9.30. The molecule has 5 nitrogen and oxygen atoms in total. The minimum atomic E-state index is -0.304. The van der Waals surface area contributed by atoms with E-state index in [0.29, 0.717) is 19.4 Å². The minimum absolute atomic E-state index is 0.0910. The van der Waals surface area contributed by atoms with E-state index in [4.69, 9.17) is 0 Å². The number of fused-ring (bicyclic) bond motifs is 1. The highest BCUT2D eigenvalue weighted by atomic mass is 16.2. The van der Waals surface area contributed by atoms with Crippen molar-refractivity contribution in [2.75, 3.05) is 6.54 Å². The fraction of sp³-hybridized carbons (Fsp3) is 0.500. The molecule has 2 saturated heterocycles. The van der Waals surface area contributed by atoms with Gasteiger partial charge in [-0.3, -0.25) is 9.59 Å². The van der Waals surface area contributed by atoms with Gasteiger partial charge < -0.3 is 14.8 Å². The number of rotatable bonds is 3. The Labute approximate surface area is 148 Å². The lowest BCUT2D eigenvalue weighted by atomic mass is 10.0. The number of carbonyl (C=O) groups is 2. The van der Waals surface area contributed by atoms with Gasteiger partial charge in [0.2, 0.25) is 11.8 Å². The Hall–Kier alpha value is -2.30. The van der Waals surface area contributed by atoms with E-state index in [1.54, 1.807) is 4.90 Å². The van der Waals surface area contributed by atoms with Crippen molar-refractivity contribution in [3.8, 4) is 0 Å². The van der Waals surface area contributed by atoms with Crippen molar-refractivity contribution in [3.05, 3.63) is 36.0 Å². The SMILES string of the molecule is CC1CCCCN1C(=O)C1CCC(=O)N1Cc1c[nH]c2ccccc12. The first-order valence-electron chi connectivity index (χ1n) is 9.30. The number of hydrogen-bond donors (Lipinski definition) is 1. The van der Waals surface area contributed by atoms with E-state index in [1.807, 2.05) is 29.3 Å². The van der Waals surface area contributed by atoms with E-state index in [0.717, 1.165) is 35.9 Å². The third-order valence-corrected chi connectivity index (χ3v) is 5.71. The van der Waals surface area contributed by atoms with Gasteiger partial charge in [-0.1, -0.05) is 18.2 Å². The van der Waals surface area contributed by atoms with Crippen molar-refractivity contribution in [2.24, 2.45) is 0 Å². The maximum Gasteiger partial charge on any atom is 0.245 e. The second-order valence-electron chi connectivity index (χ2n) is 7.31. The monoisotopic (exact) mass is 339 g/mol. The summed E-state index contributed by atoms with van der Waals surface area (Å²) in [5.41, 5.74) is 2.15. The zero-order valence-electron chi connectivity index (χ0n) is 14.7. The first kappa shape index (κ1) is 16.2. The van der Waals surface area contributed by atoms with Gasteiger partial charge in [0.1, 0.15) is 6.04 Å². The van der Waals surface area contributed by atoms with Crippen molar-refractivity contribution >= 4 is 22.7 Å². The number of aromatic nitrogens is 1. The summed E-state index contributed by atoms with van der Waals surface area (Å²) in [5.74, 6) is 0.228. The second kappa shape index (κ2) is 6.54. The maximum atomic E-state index is 13.1. The lowest BCUT2D eigenvalue weighted by Gasteiger charge is -2.37. The highest BCUT2D eigenvalue weighted by molar-refractivity contribution is 5.91. The number of piperidine rings is 1. The molecule has 25 heavy (non-hydrogen) atoms. The van der Waals surface area contributed by atoms with Crippen LogP contribution in [-0.4, -0.2) is 45.2 Å². The maximum absolute atomic E-state index is 13.1. The third kappa shape index (κ3) is 2.92. The Morgan fingerprint density at radius 2 is 2.08 bits per heavy atom. The minimum Gasteiger partial charge on any atom is -0.361 e. The van der Waals surface area contributed by atoms with Gasteiger partial charge in [-0.05, 0) is 44.2 Å². The number of amides is 2. The van der Waals surface area contributed by atoms with Gasteiger partial charge in [0.15, 0.2) is 0 Å². The molecule has 3 heterocycles. The summed E-state index contributed by atoms with van der Waals surface area (Å²) in [4.78, 5) is 32.6. The number of H-pyrrole nitrogens is 1. The van der Waals surface area contributed by atoms with Crippen LogP contribution in [0.5, 0.6) is 0 Å². The molecule has 1 aromatic carbocycles. The summed E-state index contributed by atoms with van der Waals surface area (Å²) in [6, 6.07) is 8.07. The Kier molecular flexibility index (Phi) is 4.24. The molecule has 4 rings (SSSR count). The second-order valence-corrected chi connectivity index (χ2v) is 7.31. The van der Waals surface area contributed by atoms with Gasteiger partial charge in [0.05, 0.1) is 0 Å². The molecule has 2 atom stereocenters. The van der Waals surface area contributed by atoms with Crippen LogP contribution in [0.15, 0.2) is 30.5 Å². The number of nitrogens with zero attached hydrogens (tertiary/aromatic N) is 2. The van der Waals surface area contributed by atoms with Crippen molar-refractivity contribution < 1.29 is 9.59 Å². The fourth-order valence-electron chi connectivity index (χ4n) is 4.25. The predicted molar refractivity (Wildman–Crippen MR) is 96.9 cm³/mol. The van der Waals surface area contributed by atoms with E-state index in [9.17, 15) is 9.59 Å². The molecule has 5 heteroatoms. The lowest BCUT2D eigenvalue weighted by Crippen LogP contribution is -2.51. The van der Waals surface area contributed by atoms with Gasteiger partial charge in [-0.25, -0.2) is 0 Å². The van der Waals surface area contributed by atoms with E-state index in [-0.39, 0.29) is 23.9 Å². The molecular formula is C20H25N3O2. The average molecular weight is 339 g/mol. The standard InChI is InChI=1S/C20H25N3O2/c1-14-6-4-5-11-22(14)20(25)18-9-10-19(24)23(18)13-15-12-21-17-8-3-2-7-16(15)17/h2-3,7-8,12,14,18,21H,4-6,9-11,13H2,1H3. The molecule has 0 saturated carbocycles. The summed E-state index contributed by atoms with van der Waals surface area (Å²) in [6.07, 6.45) is 6.40. The normalized spacial score (nSPS) is 24.3. The summed E-state index contributed by atoms with van der Waals surface area (Å²) < 4.78 is 0. The molecule has 0 bridgehead atoms. The summed E-state index contributed by atoms with van der Waals surface area (Å²) in [7, 11) is 0. The smallest absolute Gasteiger partial charge is 0.245 e. The van der Waals surface area contributed by atoms with Gasteiger partial charge >= 0.3 is 0 Å². The molecule has 0 spiro atoms. The van der Waals surface area contributed by atoms with Crippen molar-refractivity contribution in [1.29, 1.82) is 0 Å². The highest BCUT2D eigenvalue weighted by Gasteiger charge is 2.39.